The maximum Gasteiger partial charge on any atom is 0.144 e. The van der Waals surface area contributed by atoms with E-state index in [-0.39, 0.29) is 0 Å². The maximum atomic E-state index is 4.28. The van der Waals surface area contributed by atoms with Gasteiger partial charge < -0.3 is 5.32 Å². The second-order valence-electron chi connectivity index (χ2n) is 4.46. The van der Waals surface area contributed by atoms with E-state index in [2.05, 4.69) is 45.6 Å². The van der Waals surface area contributed by atoms with Gasteiger partial charge in [-0.1, -0.05) is 30.3 Å². The molecule has 0 spiro atoms. The van der Waals surface area contributed by atoms with E-state index in [9.17, 15) is 0 Å². The zero-order valence-corrected chi connectivity index (χ0v) is 9.58. The molecule has 1 saturated carbocycles. The van der Waals surface area contributed by atoms with Gasteiger partial charge in [0.05, 0.1) is 12.2 Å². The lowest BCUT2D eigenvalue weighted by atomic mass is 10.0. The fourth-order valence-electron chi connectivity index (χ4n) is 2.10. The number of benzene rings is 1. The van der Waals surface area contributed by atoms with Crippen LogP contribution in [0.25, 0.3) is 0 Å². The highest BCUT2D eigenvalue weighted by Crippen LogP contribution is 2.42. The van der Waals surface area contributed by atoms with Gasteiger partial charge in [0, 0.05) is 12.4 Å². The lowest BCUT2D eigenvalue weighted by molar-refractivity contribution is 0.675. The van der Waals surface area contributed by atoms with Gasteiger partial charge in [-0.15, -0.1) is 0 Å². The normalized spacial score (nSPS) is 16.5. The number of nitrogens with zero attached hydrogens (tertiary/aromatic N) is 2. The molecule has 1 aliphatic rings. The van der Waals surface area contributed by atoms with Crippen molar-refractivity contribution < 1.29 is 0 Å². The van der Waals surface area contributed by atoms with E-state index in [1.54, 1.807) is 18.6 Å². The van der Waals surface area contributed by atoms with Crippen molar-refractivity contribution in [3.05, 3.63) is 54.5 Å². The second-order valence-corrected chi connectivity index (χ2v) is 4.46. The van der Waals surface area contributed by atoms with Crippen LogP contribution >= 0.6 is 0 Å². The molecule has 3 rings (SSSR count). The van der Waals surface area contributed by atoms with Gasteiger partial charge in [-0.05, 0) is 24.3 Å². The minimum absolute atomic E-state index is 0.368. The number of nitrogens with one attached hydrogen (secondary N) is 1. The monoisotopic (exact) mass is 225 g/mol. The van der Waals surface area contributed by atoms with E-state index in [0.717, 1.165) is 11.7 Å². The Balaban J connectivity index is 1.82. The molecule has 0 bridgehead atoms. The first kappa shape index (κ1) is 10.3. The molecule has 1 aromatic carbocycles. The highest BCUT2D eigenvalue weighted by atomic mass is 15.0. The SMILES string of the molecule is c1ccc([C@H](Nc2cnccn2)C2CC2)cc1. The quantitative estimate of drug-likeness (QED) is 0.869. The van der Waals surface area contributed by atoms with Crippen LogP contribution in [0.4, 0.5) is 5.82 Å². The summed E-state index contributed by atoms with van der Waals surface area (Å²) < 4.78 is 0. The van der Waals surface area contributed by atoms with Crippen LogP contribution in [-0.2, 0) is 0 Å². The Morgan fingerprint density at radius 2 is 1.94 bits per heavy atom. The Hall–Kier alpha value is -1.90. The van der Waals surface area contributed by atoms with E-state index in [0.29, 0.717) is 6.04 Å². The second kappa shape index (κ2) is 4.53. The first-order valence-electron chi connectivity index (χ1n) is 6.01. The van der Waals surface area contributed by atoms with Crippen molar-refractivity contribution >= 4 is 5.82 Å². The van der Waals surface area contributed by atoms with Crippen molar-refractivity contribution in [2.45, 2.75) is 18.9 Å². The molecule has 17 heavy (non-hydrogen) atoms. The van der Waals surface area contributed by atoms with Crippen LogP contribution in [0.5, 0.6) is 0 Å². The lowest BCUT2D eigenvalue weighted by Crippen LogP contribution is -2.13. The van der Waals surface area contributed by atoms with Crippen LogP contribution in [0, 0.1) is 5.92 Å². The van der Waals surface area contributed by atoms with Crippen LogP contribution in [0.15, 0.2) is 48.9 Å². The average molecular weight is 225 g/mol. The highest BCUT2D eigenvalue weighted by Gasteiger charge is 2.32. The van der Waals surface area contributed by atoms with Crippen molar-refractivity contribution in [1.29, 1.82) is 0 Å². The Morgan fingerprint density at radius 3 is 2.59 bits per heavy atom. The molecule has 1 fully saturated rings. The van der Waals surface area contributed by atoms with Crippen LogP contribution in [0.2, 0.25) is 0 Å². The summed E-state index contributed by atoms with van der Waals surface area (Å²) in [4.78, 5) is 8.37. The van der Waals surface area contributed by atoms with Gasteiger partial charge >= 0.3 is 0 Å². The van der Waals surface area contributed by atoms with Crippen LogP contribution in [-0.4, -0.2) is 9.97 Å². The van der Waals surface area contributed by atoms with Gasteiger partial charge in [0.15, 0.2) is 0 Å². The summed E-state index contributed by atoms with van der Waals surface area (Å²) >= 11 is 0. The summed E-state index contributed by atoms with van der Waals surface area (Å²) in [6, 6.07) is 10.9. The van der Waals surface area contributed by atoms with Gasteiger partial charge in [-0.25, -0.2) is 4.98 Å². The predicted octanol–water partition coefficient (Wildman–Crippen LogP) is 3.04. The Morgan fingerprint density at radius 1 is 1.12 bits per heavy atom. The Labute approximate surface area is 101 Å². The Bertz CT molecular complexity index is 465. The number of hydrogen-bond donors (Lipinski definition) is 1. The summed E-state index contributed by atoms with van der Waals surface area (Å²) in [6.45, 7) is 0. The summed E-state index contributed by atoms with van der Waals surface area (Å²) in [5.41, 5.74) is 1.33. The zero-order valence-electron chi connectivity index (χ0n) is 9.58. The Kier molecular flexibility index (Phi) is 2.74. The molecule has 0 aliphatic heterocycles. The number of aromatic nitrogens is 2. The summed E-state index contributed by atoms with van der Waals surface area (Å²) in [7, 11) is 0. The van der Waals surface area contributed by atoms with Crippen molar-refractivity contribution in [3.8, 4) is 0 Å². The van der Waals surface area contributed by atoms with E-state index in [4.69, 9.17) is 0 Å². The fourth-order valence-corrected chi connectivity index (χ4v) is 2.10. The number of hydrogen-bond acceptors (Lipinski definition) is 3. The molecule has 0 amide bonds. The van der Waals surface area contributed by atoms with E-state index < -0.39 is 0 Å². The molecule has 2 aromatic rings. The van der Waals surface area contributed by atoms with Crippen LogP contribution in [0.1, 0.15) is 24.4 Å². The predicted molar refractivity (Wildman–Crippen MR) is 67.6 cm³/mol. The number of rotatable bonds is 4. The van der Waals surface area contributed by atoms with Crippen molar-refractivity contribution in [2.75, 3.05) is 5.32 Å². The lowest BCUT2D eigenvalue weighted by Gasteiger charge is -2.18. The van der Waals surface area contributed by atoms with Crippen molar-refractivity contribution in [1.82, 2.24) is 9.97 Å². The fraction of sp³-hybridized carbons (Fsp3) is 0.286. The third kappa shape index (κ3) is 2.44. The summed E-state index contributed by atoms with van der Waals surface area (Å²) in [5.74, 6) is 1.59. The summed E-state index contributed by atoms with van der Waals surface area (Å²) in [5, 5.41) is 3.48. The topological polar surface area (TPSA) is 37.8 Å². The van der Waals surface area contributed by atoms with Gasteiger partial charge in [-0.2, -0.15) is 0 Å². The molecular formula is C14H15N3. The molecule has 1 N–H and O–H groups in total. The molecular weight excluding hydrogens is 210 g/mol. The molecule has 1 aromatic heterocycles. The molecule has 3 nitrogen and oxygen atoms in total. The molecule has 0 unspecified atom stereocenters. The maximum absolute atomic E-state index is 4.28. The van der Waals surface area contributed by atoms with E-state index in [1.807, 2.05) is 0 Å². The molecule has 3 heteroatoms. The molecule has 1 aliphatic carbocycles. The largest absolute Gasteiger partial charge is 0.362 e. The first-order valence-corrected chi connectivity index (χ1v) is 6.01. The van der Waals surface area contributed by atoms with Crippen molar-refractivity contribution in [3.63, 3.8) is 0 Å². The molecule has 1 atom stereocenters. The molecule has 86 valence electrons. The van der Waals surface area contributed by atoms with Gasteiger partial charge in [0.2, 0.25) is 0 Å². The van der Waals surface area contributed by atoms with Crippen LogP contribution in [0.3, 0.4) is 0 Å². The number of anilines is 1. The van der Waals surface area contributed by atoms with Gasteiger partial charge in [-0.3, -0.25) is 4.98 Å². The van der Waals surface area contributed by atoms with E-state index >= 15 is 0 Å². The zero-order chi connectivity index (χ0) is 11.5. The minimum Gasteiger partial charge on any atom is -0.362 e. The minimum atomic E-state index is 0.368. The standard InChI is InChI=1S/C14H15N3/c1-2-4-11(5-3-1)14(12-6-7-12)17-13-10-15-8-9-16-13/h1-5,8-10,12,14H,6-7H2,(H,16,17)/t14-/m0/s1. The first-order chi connectivity index (χ1) is 8.43. The molecule has 0 saturated heterocycles. The van der Waals surface area contributed by atoms with E-state index in [1.165, 1.54) is 18.4 Å². The molecule has 1 heterocycles. The van der Waals surface area contributed by atoms with Gasteiger partial charge in [0.25, 0.3) is 0 Å². The van der Waals surface area contributed by atoms with Crippen LogP contribution < -0.4 is 5.32 Å². The average Bonchev–Trinajstić information content (AvgIpc) is 3.23. The third-order valence-corrected chi connectivity index (χ3v) is 3.12. The highest BCUT2D eigenvalue weighted by molar-refractivity contribution is 5.37. The summed E-state index contributed by atoms with van der Waals surface area (Å²) in [6.07, 6.45) is 7.79. The van der Waals surface area contributed by atoms with Crippen molar-refractivity contribution in [2.24, 2.45) is 5.92 Å². The van der Waals surface area contributed by atoms with Gasteiger partial charge in [0.1, 0.15) is 5.82 Å². The third-order valence-electron chi connectivity index (χ3n) is 3.12. The smallest absolute Gasteiger partial charge is 0.144 e. The molecule has 0 radical (unpaired) electrons.